The first-order valence-corrected chi connectivity index (χ1v) is 9.70. The number of aromatic nitrogens is 3. The molecule has 3 heterocycles. The molecule has 2 aliphatic rings. The summed E-state index contributed by atoms with van der Waals surface area (Å²) in [7, 11) is 0. The molecule has 0 bridgehead atoms. The zero-order valence-electron chi connectivity index (χ0n) is 16.6. The predicted molar refractivity (Wildman–Crippen MR) is 112 cm³/mol. The topological polar surface area (TPSA) is 75.1 Å². The highest BCUT2D eigenvalue weighted by Crippen LogP contribution is 2.20. The molecule has 2 N–H and O–H groups in total. The van der Waals surface area contributed by atoms with Gasteiger partial charge < -0.3 is 15.5 Å². The first-order valence-electron chi connectivity index (χ1n) is 9.70. The lowest BCUT2D eigenvalue weighted by atomic mass is 10.00. The molecule has 1 aromatic rings. The summed E-state index contributed by atoms with van der Waals surface area (Å²) < 4.78 is 1.94. The van der Waals surface area contributed by atoms with E-state index in [-0.39, 0.29) is 36.8 Å². The summed E-state index contributed by atoms with van der Waals surface area (Å²) in [6, 6.07) is 0.462. The molecule has 27 heavy (non-hydrogen) atoms. The van der Waals surface area contributed by atoms with Gasteiger partial charge in [0.25, 0.3) is 5.91 Å². The number of likely N-dealkylation sites (tertiary alicyclic amines) is 1. The standard InChI is InChI=1S/C18H32N6O.2ClH/c1-13-5-4-10-23(11-13)12-14(2)20-18(25)17-15(3)24(22-21-17)16-6-8-19-9-7-16;;/h13-14,16,19H,4-12H2,1-3H3,(H,20,25);2*1H. The van der Waals surface area contributed by atoms with E-state index in [1.165, 1.54) is 12.8 Å². The summed E-state index contributed by atoms with van der Waals surface area (Å²) in [5.74, 6) is 0.652. The van der Waals surface area contributed by atoms with Crippen molar-refractivity contribution < 1.29 is 4.79 Å². The van der Waals surface area contributed by atoms with Crippen LogP contribution in [0, 0.1) is 12.8 Å². The third-order valence-corrected chi connectivity index (χ3v) is 5.45. The van der Waals surface area contributed by atoms with Gasteiger partial charge in [-0.2, -0.15) is 0 Å². The van der Waals surface area contributed by atoms with E-state index in [1.54, 1.807) is 0 Å². The molecule has 2 atom stereocenters. The van der Waals surface area contributed by atoms with Crippen LogP contribution in [-0.4, -0.2) is 64.6 Å². The van der Waals surface area contributed by atoms with Crippen molar-refractivity contribution in [3.8, 4) is 0 Å². The van der Waals surface area contributed by atoms with E-state index in [0.29, 0.717) is 11.7 Å². The number of nitrogens with one attached hydrogen (secondary N) is 2. The molecule has 2 fully saturated rings. The number of carbonyl (C=O) groups excluding carboxylic acids is 1. The Bertz CT molecular complexity index is 590. The number of halogens is 2. The van der Waals surface area contributed by atoms with Gasteiger partial charge in [-0.05, 0) is 65.1 Å². The maximum atomic E-state index is 12.6. The molecule has 0 spiro atoms. The molecule has 2 saturated heterocycles. The van der Waals surface area contributed by atoms with Crippen LogP contribution in [0.15, 0.2) is 0 Å². The van der Waals surface area contributed by atoms with Crippen molar-refractivity contribution in [1.29, 1.82) is 0 Å². The number of carbonyl (C=O) groups is 1. The number of hydrogen-bond acceptors (Lipinski definition) is 5. The third-order valence-electron chi connectivity index (χ3n) is 5.45. The fourth-order valence-electron chi connectivity index (χ4n) is 4.13. The van der Waals surface area contributed by atoms with E-state index in [4.69, 9.17) is 0 Å². The van der Waals surface area contributed by atoms with Crippen molar-refractivity contribution in [2.45, 2.75) is 58.5 Å². The molecule has 156 valence electrons. The van der Waals surface area contributed by atoms with Gasteiger partial charge in [-0.1, -0.05) is 12.1 Å². The SMILES string of the molecule is Cc1c(C(=O)NC(C)CN2CCCC(C)C2)nnn1C1CCNCC1.Cl.Cl. The van der Waals surface area contributed by atoms with Gasteiger partial charge in [0.15, 0.2) is 5.69 Å². The van der Waals surface area contributed by atoms with Crippen LogP contribution >= 0.6 is 24.8 Å². The molecule has 2 unspecified atom stereocenters. The Kier molecular flexibility index (Phi) is 10.0. The van der Waals surface area contributed by atoms with Crippen LogP contribution in [0.3, 0.4) is 0 Å². The highest BCUT2D eigenvalue weighted by molar-refractivity contribution is 5.93. The maximum absolute atomic E-state index is 12.6. The Morgan fingerprint density at radius 3 is 2.67 bits per heavy atom. The molecule has 2 aliphatic heterocycles. The Morgan fingerprint density at radius 2 is 2.00 bits per heavy atom. The quantitative estimate of drug-likeness (QED) is 0.763. The number of nitrogens with zero attached hydrogens (tertiary/aromatic N) is 4. The van der Waals surface area contributed by atoms with Crippen LogP contribution in [0.5, 0.6) is 0 Å². The van der Waals surface area contributed by atoms with Crippen LogP contribution in [0.4, 0.5) is 0 Å². The molecule has 3 rings (SSSR count). The van der Waals surface area contributed by atoms with E-state index < -0.39 is 0 Å². The summed E-state index contributed by atoms with van der Waals surface area (Å²) in [5.41, 5.74) is 1.35. The minimum Gasteiger partial charge on any atom is -0.347 e. The minimum atomic E-state index is -0.102. The molecule has 1 amide bonds. The van der Waals surface area contributed by atoms with Gasteiger partial charge in [0.2, 0.25) is 0 Å². The van der Waals surface area contributed by atoms with Crippen LogP contribution in [0.25, 0.3) is 0 Å². The molecule has 0 saturated carbocycles. The van der Waals surface area contributed by atoms with Crippen LogP contribution < -0.4 is 10.6 Å². The Hall–Kier alpha value is -0.890. The van der Waals surface area contributed by atoms with Crippen molar-refractivity contribution >= 4 is 30.7 Å². The van der Waals surface area contributed by atoms with Gasteiger partial charge in [0.05, 0.1) is 11.7 Å². The average molecular weight is 421 g/mol. The highest BCUT2D eigenvalue weighted by Gasteiger charge is 2.24. The van der Waals surface area contributed by atoms with Crippen molar-refractivity contribution in [3.63, 3.8) is 0 Å². The van der Waals surface area contributed by atoms with E-state index in [1.807, 2.05) is 11.6 Å². The van der Waals surface area contributed by atoms with Crippen LogP contribution in [0.1, 0.15) is 61.8 Å². The van der Waals surface area contributed by atoms with Crippen molar-refractivity contribution in [3.05, 3.63) is 11.4 Å². The van der Waals surface area contributed by atoms with Gasteiger partial charge >= 0.3 is 0 Å². The molecule has 0 radical (unpaired) electrons. The molecule has 1 aromatic heterocycles. The second-order valence-corrected chi connectivity index (χ2v) is 7.83. The molecular weight excluding hydrogens is 387 g/mol. The van der Waals surface area contributed by atoms with E-state index in [2.05, 4.69) is 39.7 Å². The van der Waals surface area contributed by atoms with Crippen molar-refractivity contribution in [2.24, 2.45) is 5.92 Å². The van der Waals surface area contributed by atoms with Crippen LogP contribution in [0.2, 0.25) is 0 Å². The third kappa shape index (κ3) is 6.31. The number of amides is 1. The minimum absolute atomic E-state index is 0. The van der Waals surface area contributed by atoms with Gasteiger partial charge in [0, 0.05) is 19.1 Å². The molecule has 0 aromatic carbocycles. The number of piperidine rings is 2. The van der Waals surface area contributed by atoms with E-state index >= 15 is 0 Å². The molecular formula is C18H34Cl2N6O. The Balaban J connectivity index is 0.00000182. The fraction of sp³-hybridized carbons (Fsp3) is 0.833. The van der Waals surface area contributed by atoms with E-state index in [0.717, 1.165) is 57.2 Å². The number of rotatable bonds is 5. The Morgan fingerprint density at radius 1 is 1.30 bits per heavy atom. The summed E-state index contributed by atoms with van der Waals surface area (Å²) in [4.78, 5) is 15.1. The molecule has 7 nitrogen and oxygen atoms in total. The fourth-order valence-corrected chi connectivity index (χ4v) is 4.13. The smallest absolute Gasteiger partial charge is 0.274 e. The predicted octanol–water partition coefficient (Wildman–Crippen LogP) is 2.20. The zero-order chi connectivity index (χ0) is 17.8. The van der Waals surface area contributed by atoms with Gasteiger partial charge in [-0.15, -0.1) is 29.9 Å². The maximum Gasteiger partial charge on any atom is 0.274 e. The zero-order valence-corrected chi connectivity index (χ0v) is 18.2. The highest BCUT2D eigenvalue weighted by atomic mass is 35.5. The summed E-state index contributed by atoms with van der Waals surface area (Å²) in [5, 5.41) is 14.9. The summed E-state index contributed by atoms with van der Waals surface area (Å²) in [6.45, 7) is 11.5. The lowest BCUT2D eigenvalue weighted by molar-refractivity contribution is 0.0914. The monoisotopic (exact) mass is 420 g/mol. The second-order valence-electron chi connectivity index (χ2n) is 7.83. The van der Waals surface area contributed by atoms with Gasteiger partial charge in [-0.3, -0.25) is 4.79 Å². The largest absolute Gasteiger partial charge is 0.347 e. The molecule has 9 heteroatoms. The first kappa shape index (κ1) is 24.1. The number of hydrogen-bond donors (Lipinski definition) is 2. The van der Waals surface area contributed by atoms with Crippen LogP contribution in [-0.2, 0) is 0 Å². The average Bonchev–Trinajstić information content (AvgIpc) is 2.97. The Labute approximate surface area is 174 Å². The van der Waals surface area contributed by atoms with E-state index in [9.17, 15) is 4.79 Å². The lowest BCUT2D eigenvalue weighted by Gasteiger charge is -2.32. The van der Waals surface area contributed by atoms with Crippen molar-refractivity contribution in [1.82, 2.24) is 30.5 Å². The second kappa shape index (κ2) is 11.2. The summed E-state index contributed by atoms with van der Waals surface area (Å²) in [6.07, 6.45) is 4.64. The van der Waals surface area contributed by atoms with Crippen molar-refractivity contribution in [2.75, 3.05) is 32.7 Å². The summed E-state index contributed by atoms with van der Waals surface area (Å²) >= 11 is 0. The lowest BCUT2D eigenvalue weighted by Crippen LogP contribution is -2.45. The first-order chi connectivity index (χ1) is 12.0. The van der Waals surface area contributed by atoms with Gasteiger partial charge in [0.1, 0.15) is 0 Å². The molecule has 0 aliphatic carbocycles. The van der Waals surface area contributed by atoms with Gasteiger partial charge in [-0.25, -0.2) is 4.68 Å². The normalized spacial score (nSPS) is 22.4.